The van der Waals surface area contributed by atoms with Crippen molar-refractivity contribution < 1.29 is 9.90 Å². The highest BCUT2D eigenvalue weighted by Gasteiger charge is 2.43. The van der Waals surface area contributed by atoms with E-state index in [1.807, 2.05) is 0 Å². The lowest BCUT2D eigenvalue weighted by Crippen LogP contribution is -2.48. The molecule has 2 fully saturated rings. The molecule has 0 aromatic rings. The number of likely N-dealkylation sites (tertiary alicyclic amines) is 1. The Morgan fingerprint density at radius 3 is 2.43 bits per heavy atom. The van der Waals surface area contributed by atoms with Crippen LogP contribution in [0.15, 0.2) is 0 Å². The van der Waals surface area contributed by atoms with Crippen molar-refractivity contribution in [2.24, 2.45) is 11.1 Å². The Hall–Kier alpha value is -0.770. The maximum Gasteiger partial charge on any atom is 0.407 e. The summed E-state index contributed by atoms with van der Waals surface area (Å²) in [4.78, 5) is 12.2. The molecular weight excluding hydrogens is 180 g/mol. The van der Waals surface area contributed by atoms with E-state index in [9.17, 15) is 4.79 Å². The standard InChI is InChI=1S/C10H18N2O2/c11-8-2-1-3-10(8)4-6-12(7-5-10)9(13)14/h8H,1-7,11H2,(H,13,14)/t8-/m1/s1. The molecule has 0 radical (unpaired) electrons. The zero-order valence-corrected chi connectivity index (χ0v) is 8.41. The van der Waals surface area contributed by atoms with Gasteiger partial charge in [0.15, 0.2) is 0 Å². The van der Waals surface area contributed by atoms with Gasteiger partial charge in [-0.1, -0.05) is 6.42 Å². The molecule has 14 heavy (non-hydrogen) atoms. The minimum absolute atomic E-state index is 0.270. The zero-order valence-electron chi connectivity index (χ0n) is 8.41. The van der Waals surface area contributed by atoms with Gasteiger partial charge in [0.25, 0.3) is 0 Å². The fraction of sp³-hybridized carbons (Fsp3) is 0.900. The predicted octanol–water partition coefficient (Wildman–Crippen LogP) is 1.26. The lowest BCUT2D eigenvalue weighted by molar-refractivity contribution is 0.0838. The average Bonchev–Trinajstić information content (AvgIpc) is 2.49. The number of hydrogen-bond donors (Lipinski definition) is 2. The van der Waals surface area contributed by atoms with Gasteiger partial charge >= 0.3 is 6.09 Å². The van der Waals surface area contributed by atoms with Crippen LogP contribution in [0.25, 0.3) is 0 Å². The van der Waals surface area contributed by atoms with Crippen molar-refractivity contribution in [1.29, 1.82) is 0 Å². The van der Waals surface area contributed by atoms with Gasteiger partial charge in [-0.3, -0.25) is 0 Å². The number of carboxylic acid groups (broad SMARTS) is 1. The summed E-state index contributed by atoms with van der Waals surface area (Å²) < 4.78 is 0. The molecule has 0 bridgehead atoms. The van der Waals surface area contributed by atoms with Gasteiger partial charge in [0, 0.05) is 19.1 Å². The fourth-order valence-corrected chi connectivity index (χ4v) is 2.93. The molecule has 1 amide bonds. The zero-order chi connectivity index (χ0) is 10.2. The number of piperidine rings is 1. The van der Waals surface area contributed by atoms with Gasteiger partial charge in [0.1, 0.15) is 0 Å². The molecule has 0 aromatic carbocycles. The van der Waals surface area contributed by atoms with Gasteiger partial charge in [-0.15, -0.1) is 0 Å². The van der Waals surface area contributed by atoms with Crippen molar-refractivity contribution in [3.63, 3.8) is 0 Å². The summed E-state index contributed by atoms with van der Waals surface area (Å²) in [5, 5.41) is 8.83. The molecule has 1 saturated carbocycles. The van der Waals surface area contributed by atoms with Crippen LogP contribution in [0.4, 0.5) is 4.79 Å². The second kappa shape index (κ2) is 3.42. The Balaban J connectivity index is 1.98. The maximum absolute atomic E-state index is 10.7. The second-order valence-corrected chi connectivity index (χ2v) is 4.63. The third-order valence-corrected chi connectivity index (χ3v) is 4.01. The van der Waals surface area contributed by atoms with E-state index in [1.165, 1.54) is 17.7 Å². The van der Waals surface area contributed by atoms with E-state index in [4.69, 9.17) is 10.8 Å². The number of carbonyl (C=O) groups is 1. The summed E-state index contributed by atoms with van der Waals surface area (Å²) in [7, 11) is 0. The van der Waals surface area contributed by atoms with E-state index < -0.39 is 6.09 Å². The molecule has 3 N–H and O–H groups in total. The van der Waals surface area contributed by atoms with Crippen molar-refractivity contribution in [2.45, 2.75) is 38.1 Å². The third-order valence-electron chi connectivity index (χ3n) is 4.01. The predicted molar refractivity (Wildman–Crippen MR) is 53.1 cm³/mol. The maximum atomic E-state index is 10.7. The van der Waals surface area contributed by atoms with Gasteiger partial charge in [-0.25, -0.2) is 4.79 Å². The SMILES string of the molecule is N[C@@H]1CCCC12CCN(C(=O)O)CC2. The number of rotatable bonds is 0. The van der Waals surface area contributed by atoms with Crippen LogP contribution in [0.1, 0.15) is 32.1 Å². The van der Waals surface area contributed by atoms with Crippen LogP contribution in [0.5, 0.6) is 0 Å². The van der Waals surface area contributed by atoms with Crippen LogP contribution < -0.4 is 5.73 Å². The number of hydrogen-bond acceptors (Lipinski definition) is 2. The first-order valence-corrected chi connectivity index (χ1v) is 5.37. The smallest absolute Gasteiger partial charge is 0.407 e. The first-order chi connectivity index (χ1) is 6.64. The first kappa shape index (κ1) is 9.77. The highest BCUT2D eigenvalue weighted by molar-refractivity contribution is 5.65. The molecule has 1 atom stereocenters. The highest BCUT2D eigenvalue weighted by Crippen LogP contribution is 2.45. The highest BCUT2D eigenvalue weighted by atomic mass is 16.4. The molecular formula is C10H18N2O2. The Bertz CT molecular complexity index is 234. The van der Waals surface area contributed by atoms with Crippen molar-refractivity contribution in [3.8, 4) is 0 Å². The topological polar surface area (TPSA) is 66.6 Å². The summed E-state index contributed by atoms with van der Waals surface area (Å²) >= 11 is 0. The normalized spacial score (nSPS) is 30.9. The molecule has 0 unspecified atom stereocenters. The fourth-order valence-electron chi connectivity index (χ4n) is 2.93. The van der Waals surface area contributed by atoms with Gasteiger partial charge in [0.05, 0.1) is 0 Å². The van der Waals surface area contributed by atoms with Crippen molar-refractivity contribution in [2.75, 3.05) is 13.1 Å². The van der Waals surface area contributed by atoms with E-state index in [2.05, 4.69) is 0 Å². The lowest BCUT2D eigenvalue weighted by atomic mass is 9.74. The molecule has 0 aromatic heterocycles. The van der Waals surface area contributed by atoms with E-state index in [0.717, 1.165) is 19.3 Å². The average molecular weight is 198 g/mol. The van der Waals surface area contributed by atoms with Crippen molar-refractivity contribution in [3.05, 3.63) is 0 Å². The Kier molecular flexibility index (Phi) is 2.39. The number of nitrogens with zero attached hydrogens (tertiary/aromatic N) is 1. The molecule has 2 aliphatic rings. The summed E-state index contributed by atoms with van der Waals surface area (Å²) in [6, 6.07) is 0.304. The number of amides is 1. The monoisotopic (exact) mass is 198 g/mol. The van der Waals surface area contributed by atoms with Crippen LogP contribution in [-0.4, -0.2) is 35.2 Å². The quantitative estimate of drug-likeness (QED) is 0.615. The molecule has 4 nitrogen and oxygen atoms in total. The molecule has 2 rings (SSSR count). The second-order valence-electron chi connectivity index (χ2n) is 4.63. The van der Waals surface area contributed by atoms with E-state index in [1.54, 1.807) is 0 Å². The van der Waals surface area contributed by atoms with E-state index in [-0.39, 0.29) is 5.41 Å². The number of nitrogens with two attached hydrogens (primary N) is 1. The molecule has 1 spiro atoms. The molecule has 80 valence electrons. The third kappa shape index (κ3) is 1.47. The van der Waals surface area contributed by atoms with Gasteiger partial charge in [-0.05, 0) is 31.1 Å². The Morgan fingerprint density at radius 1 is 1.36 bits per heavy atom. The van der Waals surface area contributed by atoms with Gasteiger partial charge in [0.2, 0.25) is 0 Å². The largest absolute Gasteiger partial charge is 0.465 e. The first-order valence-electron chi connectivity index (χ1n) is 5.37. The summed E-state index contributed by atoms with van der Waals surface area (Å²) in [5.41, 5.74) is 6.37. The molecule has 1 aliphatic carbocycles. The van der Waals surface area contributed by atoms with Crippen LogP contribution in [0.3, 0.4) is 0 Å². The van der Waals surface area contributed by atoms with E-state index in [0.29, 0.717) is 19.1 Å². The molecule has 4 heteroatoms. The molecule has 1 aliphatic heterocycles. The van der Waals surface area contributed by atoms with Crippen LogP contribution in [-0.2, 0) is 0 Å². The lowest BCUT2D eigenvalue weighted by Gasteiger charge is -2.41. The summed E-state index contributed by atoms with van der Waals surface area (Å²) in [6.45, 7) is 1.34. The summed E-state index contributed by atoms with van der Waals surface area (Å²) in [6.07, 6.45) is 4.66. The van der Waals surface area contributed by atoms with E-state index >= 15 is 0 Å². The Labute approximate surface area is 84.1 Å². The van der Waals surface area contributed by atoms with Crippen molar-refractivity contribution in [1.82, 2.24) is 4.90 Å². The van der Waals surface area contributed by atoms with Crippen LogP contribution in [0.2, 0.25) is 0 Å². The summed E-state index contributed by atoms with van der Waals surface area (Å²) in [5.74, 6) is 0. The van der Waals surface area contributed by atoms with Crippen LogP contribution >= 0.6 is 0 Å². The van der Waals surface area contributed by atoms with Gasteiger partial charge < -0.3 is 15.7 Å². The van der Waals surface area contributed by atoms with Crippen molar-refractivity contribution >= 4 is 6.09 Å². The minimum Gasteiger partial charge on any atom is -0.465 e. The molecule has 1 heterocycles. The van der Waals surface area contributed by atoms with Gasteiger partial charge in [-0.2, -0.15) is 0 Å². The van der Waals surface area contributed by atoms with Crippen LogP contribution in [0, 0.1) is 5.41 Å². The molecule has 1 saturated heterocycles. The minimum atomic E-state index is -0.786. The Morgan fingerprint density at radius 2 is 2.00 bits per heavy atom.